The highest BCUT2D eigenvalue weighted by atomic mass is 16.2. The van der Waals surface area contributed by atoms with E-state index in [2.05, 4.69) is 16.0 Å². The van der Waals surface area contributed by atoms with Gasteiger partial charge in [-0.15, -0.1) is 0 Å². The van der Waals surface area contributed by atoms with Crippen molar-refractivity contribution in [3.63, 3.8) is 0 Å². The van der Waals surface area contributed by atoms with Crippen molar-refractivity contribution in [2.45, 2.75) is 25.3 Å². The molecule has 0 bridgehead atoms. The number of amides is 2. The summed E-state index contributed by atoms with van der Waals surface area (Å²) >= 11 is 0. The Labute approximate surface area is 112 Å². The number of hydrogen-bond donors (Lipinski definition) is 3. The van der Waals surface area contributed by atoms with E-state index >= 15 is 0 Å². The van der Waals surface area contributed by atoms with Gasteiger partial charge in [0.2, 0.25) is 5.91 Å². The smallest absolute Gasteiger partial charge is 0.253 e. The lowest BCUT2D eigenvalue weighted by molar-refractivity contribution is -0.116. The molecule has 1 atom stereocenters. The molecule has 0 aromatic heterocycles. The highest BCUT2D eigenvalue weighted by Gasteiger charge is 2.18. The summed E-state index contributed by atoms with van der Waals surface area (Å²) in [6.45, 7) is 0.979. The monoisotopic (exact) mass is 261 g/mol. The molecule has 1 saturated heterocycles. The summed E-state index contributed by atoms with van der Waals surface area (Å²) in [6, 6.07) is 7.27. The van der Waals surface area contributed by atoms with Crippen LogP contribution in [0.4, 0.5) is 5.69 Å². The maximum Gasteiger partial charge on any atom is 0.253 e. The topological polar surface area (TPSA) is 70.2 Å². The average Bonchev–Trinajstić information content (AvgIpc) is 2.91. The number of benzene rings is 1. The third kappa shape index (κ3) is 3.54. The fraction of sp³-hybridized carbons (Fsp3) is 0.429. The quantitative estimate of drug-likeness (QED) is 0.761. The van der Waals surface area contributed by atoms with Crippen LogP contribution in [0.15, 0.2) is 24.3 Å². The van der Waals surface area contributed by atoms with E-state index in [0.717, 1.165) is 19.4 Å². The summed E-state index contributed by atoms with van der Waals surface area (Å²) in [5.41, 5.74) is 1.04. The van der Waals surface area contributed by atoms with E-state index in [1.165, 1.54) is 0 Å². The van der Waals surface area contributed by atoms with E-state index in [1.54, 1.807) is 31.3 Å². The number of nitrogens with one attached hydrogen (secondary N) is 3. The largest absolute Gasteiger partial charge is 0.355 e. The van der Waals surface area contributed by atoms with Crippen LogP contribution in [0.25, 0.3) is 0 Å². The Morgan fingerprint density at radius 2 is 2.16 bits per heavy atom. The van der Waals surface area contributed by atoms with Crippen LogP contribution >= 0.6 is 0 Å². The predicted octanol–water partition coefficient (Wildman–Crippen LogP) is 1.13. The van der Waals surface area contributed by atoms with Gasteiger partial charge >= 0.3 is 0 Å². The minimum Gasteiger partial charge on any atom is -0.355 e. The van der Waals surface area contributed by atoms with Crippen molar-refractivity contribution < 1.29 is 9.59 Å². The first-order valence-corrected chi connectivity index (χ1v) is 6.55. The number of rotatable bonds is 4. The molecule has 1 aliphatic heterocycles. The molecule has 0 radical (unpaired) electrons. The van der Waals surface area contributed by atoms with Crippen molar-refractivity contribution >= 4 is 17.5 Å². The molecule has 1 unspecified atom stereocenters. The Kier molecular flexibility index (Phi) is 4.52. The molecule has 1 aliphatic rings. The molecule has 19 heavy (non-hydrogen) atoms. The van der Waals surface area contributed by atoms with Crippen LogP contribution in [0.5, 0.6) is 0 Å². The molecule has 5 heteroatoms. The van der Waals surface area contributed by atoms with Crippen LogP contribution in [0.3, 0.4) is 0 Å². The van der Waals surface area contributed by atoms with E-state index in [1.807, 2.05) is 0 Å². The zero-order valence-electron chi connectivity index (χ0n) is 11.0. The van der Waals surface area contributed by atoms with Crippen molar-refractivity contribution in [3.05, 3.63) is 29.8 Å². The zero-order valence-corrected chi connectivity index (χ0v) is 11.0. The second kappa shape index (κ2) is 6.33. The Hall–Kier alpha value is -1.88. The second-order valence-corrected chi connectivity index (χ2v) is 4.67. The van der Waals surface area contributed by atoms with Gasteiger partial charge in [-0.25, -0.2) is 0 Å². The normalized spacial score (nSPS) is 18.1. The molecule has 102 valence electrons. The number of carbonyl (C=O) groups is 2. The van der Waals surface area contributed by atoms with Gasteiger partial charge in [-0.3, -0.25) is 9.59 Å². The van der Waals surface area contributed by atoms with Gasteiger partial charge in [0.05, 0.1) is 11.3 Å². The van der Waals surface area contributed by atoms with E-state index in [4.69, 9.17) is 0 Å². The first kappa shape index (κ1) is 13.5. The SMILES string of the molecule is CNC(=O)c1ccccc1NC(=O)CC1CCCN1. The van der Waals surface area contributed by atoms with E-state index in [-0.39, 0.29) is 17.9 Å². The summed E-state index contributed by atoms with van der Waals surface area (Å²) in [7, 11) is 1.57. The van der Waals surface area contributed by atoms with Gasteiger partial charge in [-0.1, -0.05) is 12.1 Å². The van der Waals surface area contributed by atoms with Crippen molar-refractivity contribution in [1.82, 2.24) is 10.6 Å². The Balaban J connectivity index is 2.01. The standard InChI is InChI=1S/C14H19N3O2/c1-15-14(19)11-6-2-3-7-12(11)17-13(18)9-10-5-4-8-16-10/h2-3,6-7,10,16H,4-5,8-9H2,1H3,(H,15,19)(H,17,18). The van der Waals surface area contributed by atoms with Crippen LogP contribution in [-0.4, -0.2) is 31.4 Å². The number of anilines is 1. The third-order valence-corrected chi connectivity index (χ3v) is 3.27. The van der Waals surface area contributed by atoms with Crippen LogP contribution in [0, 0.1) is 0 Å². The first-order chi connectivity index (χ1) is 9.20. The van der Waals surface area contributed by atoms with Gasteiger partial charge in [0.25, 0.3) is 5.91 Å². The third-order valence-electron chi connectivity index (χ3n) is 3.27. The maximum absolute atomic E-state index is 11.9. The minimum atomic E-state index is -0.199. The molecule has 5 nitrogen and oxygen atoms in total. The fourth-order valence-corrected chi connectivity index (χ4v) is 2.28. The van der Waals surface area contributed by atoms with Crippen LogP contribution < -0.4 is 16.0 Å². The van der Waals surface area contributed by atoms with Crippen molar-refractivity contribution in [2.75, 3.05) is 18.9 Å². The predicted molar refractivity (Wildman–Crippen MR) is 74.1 cm³/mol. The molecule has 0 spiro atoms. The molecule has 1 aromatic rings. The van der Waals surface area contributed by atoms with Crippen molar-refractivity contribution in [2.24, 2.45) is 0 Å². The summed E-state index contributed by atoms with van der Waals surface area (Å²) in [6.07, 6.45) is 2.60. The molecule has 2 amide bonds. The highest BCUT2D eigenvalue weighted by Crippen LogP contribution is 2.16. The Bertz CT molecular complexity index is 468. The molecule has 0 saturated carbocycles. The lowest BCUT2D eigenvalue weighted by Gasteiger charge is -2.12. The lowest BCUT2D eigenvalue weighted by atomic mass is 10.1. The number of hydrogen-bond acceptors (Lipinski definition) is 3. The maximum atomic E-state index is 11.9. The highest BCUT2D eigenvalue weighted by molar-refractivity contribution is 6.03. The first-order valence-electron chi connectivity index (χ1n) is 6.55. The minimum absolute atomic E-state index is 0.0595. The van der Waals surface area contributed by atoms with Gasteiger partial charge in [0, 0.05) is 19.5 Å². The molecular weight excluding hydrogens is 242 g/mol. The molecule has 1 aromatic carbocycles. The fourth-order valence-electron chi connectivity index (χ4n) is 2.28. The van der Waals surface area contributed by atoms with Gasteiger partial charge in [-0.2, -0.15) is 0 Å². The molecule has 1 fully saturated rings. The summed E-state index contributed by atoms with van der Waals surface area (Å²) < 4.78 is 0. The van der Waals surface area contributed by atoms with Crippen LogP contribution in [-0.2, 0) is 4.79 Å². The van der Waals surface area contributed by atoms with Crippen molar-refractivity contribution in [1.29, 1.82) is 0 Å². The molecule has 0 aliphatic carbocycles. The lowest BCUT2D eigenvalue weighted by Crippen LogP contribution is -2.28. The summed E-state index contributed by atoms with van der Waals surface area (Å²) in [5, 5.41) is 8.66. The Morgan fingerprint density at radius 3 is 2.84 bits per heavy atom. The number of carbonyl (C=O) groups excluding carboxylic acids is 2. The van der Waals surface area contributed by atoms with Crippen LogP contribution in [0.1, 0.15) is 29.6 Å². The van der Waals surface area contributed by atoms with E-state index in [9.17, 15) is 9.59 Å². The zero-order chi connectivity index (χ0) is 13.7. The summed E-state index contributed by atoms with van der Waals surface area (Å²) in [4.78, 5) is 23.6. The van der Waals surface area contributed by atoms with Gasteiger partial charge in [-0.05, 0) is 31.5 Å². The van der Waals surface area contributed by atoms with Gasteiger partial charge in [0.15, 0.2) is 0 Å². The average molecular weight is 261 g/mol. The van der Waals surface area contributed by atoms with Gasteiger partial charge in [0.1, 0.15) is 0 Å². The molecular formula is C14H19N3O2. The van der Waals surface area contributed by atoms with Gasteiger partial charge < -0.3 is 16.0 Å². The molecule has 2 rings (SSSR count). The Morgan fingerprint density at radius 1 is 1.37 bits per heavy atom. The number of para-hydroxylation sites is 1. The van der Waals surface area contributed by atoms with E-state index < -0.39 is 0 Å². The molecule has 1 heterocycles. The molecule has 3 N–H and O–H groups in total. The van der Waals surface area contributed by atoms with E-state index in [0.29, 0.717) is 17.7 Å². The second-order valence-electron chi connectivity index (χ2n) is 4.67. The summed E-state index contributed by atoms with van der Waals surface area (Å²) in [5.74, 6) is -0.259. The van der Waals surface area contributed by atoms with Crippen molar-refractivity contribution in [3.8, 4) is 0 Å². The van der Waals surface area contributed by atoms with Crippen LogP contribution in [0.2, 0.25) is 0 Å².